The van der Waals surface area contributed by atoms with E-state index in [-0.39, 0.29) is 54.5 Å². The van der Waals surface area contributed by atoms with E-state index in [9.17, 15) is 9.59 Å². The first-order valence-corrected chi connectivity index (χ1v) is 11.5. The third kappa shape index (κ3) is 8.07. The third-order valence-corrected chi connectivity index (χ3v) is 6.68. The van der Waals surface area contributed by atoms with E-state index >= 15 is 0 Å². The predicted octanol–water partition coefficient (Wildman–Crippen LogP) is 4.00. The zero-order chi connectivity index (χ0) is 22.4. The Balaban J connectivity index is 0.00000272. The zero-order valence-electron chi connectivity index (χ0n) is 19.6. The first-order chi connectivity index (χ1) is 14.9. The number of nitrogens with two attached hydrogens (primary N) is 1. The van der Waals surface area contributed by atoms with Gasteiger partial charge in [-0.25, -0.2) is 0 Å². The van der Waals surface area contributed by atoms with E-state index in [1.165, 1.54) is 0 Å². The van der Waals surface area contributed by atoms with Crippen LogP contribution in [0.15, 0.2) is 24.3 Å². The standard InChI is InChI=1S/C24H36N4O3.2ClH/c1-3-17(2)31-22(29)16-18-8-12-28(13-9-18)24(30)20-10-14-27(15-11-20)21-6-4-19(5-7-21)23(25)26;;/h4-7,17-18,20H,3,8-16H2,1-2H3,(H3,25,26);2*1H/t17-;;/m0../s1. The fourth-order valence-corrected chi connectivity index (χ4v) is 4.44. The number of piperidine rings is 2. The van der Waals surface area contributed by atoms with Crippen LogP contribution in [0, 0.1) is 17.2 Å². The molecule has 3 N–H and O–H groups in total. The van der Waals surface area contributed by atoms with Crippen molar-refractivity contribution in [2.45, 2.75) is 58.5 Å². The first kappa shape index (κ1) is 29.0. The van der Waals surface area contributed by atoms with Crippen molar-refractivity contribution in [3.8, 4) is 0 Å². The van der Waals surface area contributed by atoms with Gasteiger partial charge < -0.3 is 20.3 Å². The third-order valence-electron chi connectivity index (χ3n) is 6.68. The van der Waals surface area contributed by atoms with Crippen LogP contribution in [-0.2, 0) is 14.3 Å². The van der Waals surface area contributed by atoms with Crippen molar-refractivity contribution in [1.29, 1.82) is 5.41 Å². The number of amidine groups is 1. The Kier molecular flexibility index (Phi) is 12.0. The topological polar surface area (TPSA) is 99.7 Å². The van der Waals surface area contributed by atoms with E-state index in [1.54, 1.807) is 0 Å². The number of nitrogens with one attached hydrogen (secondary N) is 1. The van der Waals surface area contributed by atoms with Crippen LogP contribution < -0.4 is 10.6 Å². The number of carbonyl (C=O) groups excluding carboxylic acids is 2. The molecule has 9 heteroatoms. The van der Waals surface area contributed by atoms with Gasteiger partial charge in [0.25, 0.3) is 0 Å². The van der Waals surface area contributed by atoms with E-state index in [4.69, 9.17) is 15.9 Å². The normalized spacial score (nSPS) is 18.0. The lowest BCUT2D eigenvalue weighted by Gasteiger charge is -2.38. The molecule has 2 aliphatic rings. The van der Waals surface area contributed by atoms with E-state index in [0.717, 1.165) is 69.5 Å². The number of anilines is 1. The summed E-state index contributed by atoms with van der Waals surface area (Å²) in [7, 11) is 0. The first-order valence-electron chi connectivity index (χ1n) is 11.5. The second kappa shape index (κ2) is 13.7. The van der Waals surface area contributed by atoms with Crippen LogP contribution >= 0.6 is 24.8 Å². The lowest BCUT2D eigenvalue weighted by atomic mass is 9.90. The van der Waals surface area contributed by atoms with Gasteiger partial charge in [-0.2, -0.15) is 0 Å². The molecule has 0 aromatic heterocycles. The largest absolute Gasteiger partial charge is 0.463 e. The van der Waals surface area contributed by atoms with Gasteiger partial charge in [0, 0.05) is 49.8 Å². The molecule has 0 radical (unpaired) electrons. The number of esters is 1. The molecule has 1 amide bonds. The molecule has 7 nitrogen and oxygen atoms in total. The number of carbonyl (C=O) groups is 2. The maximum Gasteiger partial charge on any atom is 0.306 e. The summed E-state index contributed by atoms with van der Waals surface area (Å²) in [6.45, 7) is 7.13. The lowest BCUT2D eigenvalue weighted by molar-refractivity contribution is -0.150. The summed E-state index contributed by atoms with van der Waals surface area (Å²) < 4.78 is 5.40. The number of nitrogen functional groups attached to an aromatic ring is 1. The SMILES string of the molecule is CC[C@H](C)OC(=O)CC1CCN(C(=O)C2CCN(c3ccc(C(=N)N)cc3)CC2)CC1.Cl.Cl. The van der Waals surface area contributed by atoms with E-state index in [2.05, 4.69) is 4.90 Å². The summed E-state index contributed by atoms with van der Waals surface area (Å²) >= 11 is 0. The minimum absolute atomic E-state index is 0. The van der Waals surface area contributed by atoms with Crippen molar-refractivity contribution in [2.75, 3.05) is 31.1 Å². The smallest absolute Gasteiger partial charge is 0.306 e. The van der Waals surface area contributed by atoms with Crippen LogP contribution in [0.3, 0.4) is 0 Å². The second-order valence-corrected chi connectivity index (χ2v) is 8.90. The summed E-state index contributed by atoms with van der Waals surface area (Å²) in [5.74, 6) is 0.641. The molecule has 186 valence electrons. The number of nitrogens with zero attached hydrogens (tertiary/aromatic N) is 2. The van der Waals surface area contributed by atoms with Crippen molar-refractivity contribution in [3.05, 3.63) is 29.8 Å². The Labute approximate surface area is 209 Å². The molecule has 1 atom stereocenters. The van der Waals surface area contributed by atoms with Crippen LogP contribution in [0.25, 0.3) is 0 Å². The number of halogens is 2. The summed E-state index contributed by atoms with van der Waals surface area (Å²) in [4.78, 5) is 29.3. The molecular weight excluding hydrogens is 463 g/mol. The highest BCUT2D eigenvalue weighted by atomic mass is 35.5. The number of ether oxygens (including phenoxy) is 1. The number of benzene rings is 1. The summed E-state index contributed by atoms with van der Waals surface area (Å²) in [6.07, 6.45) is 4.75. The summed E-state index contributed by atoms with van der Waals surface area (Å²) in [5, 5.41) is 7.50. The average Bonchev–Trinajstić information content (AvgIpc) is 2.79. The molecule has 0 aliphatic carbocycles. The highest BCUT2D eigenvalue weighted by Crippen LogP contribution is 2.28. The minimum atomic E-state index is -0.108. The van der Waals surface area contributed by atoms with Gasteiger partial charge in [0.05, 0.1) is 6.10 Å². The molecule has 2 saturated heterocycles. The van der Waals surface area contributed by atoms with Gasteiger partial charge in [0.1, 0.15) is 5.84 Å². The second-order valence-electron chi connectivity index (χ2n) is 8.90. The Hall–Kier alpha value is -1.99. The fourth-order valence-electron chi connectivity index (χ4n) is 4.44. The van der Waals surface area contributed by atoms with E-state index < -0.39 is 0 Å². The molecule has 2 fully saturated rings. The summed E-state index contributed by atoms with van der Waals surface area (Å²) in [6, 6.07) is 7.74. The average molecular weight is 501 g/mol. The Morgan fingerprint density at radius 2 is 1.64 bits per heavy atom. The number of likely N-dealkylation sites (tertiary alicyclic amines) is 1. The predicted molar refractivity (Wildman–Crippen MR) is 137 cm³/mol. The van der Waals surface area contributed by atoms with Crippen molar-refractivity contribution in [2.24, 2.45) is 17.6 Å². The van der Waals surface area contributed by atoms with Gasteiger partial charge in [-0.05, 0) is 69.2 Å². The van der Waals surface area contributed by atoms with Gasteiger partial charge in [-0.1, -0.05) is 6.92 Å². The van der Waals surface area contributed by atoms with Gasteiger partial charge in [0.15, 0.2) is 0 Å². The van der Waals surface area contributed by atoms with E-state index in [1.807, 2.05) is 43.0 Å². The molecule has 0 unspecified atom stereocenters. The lowest BCUT2D eigenvalue weighted by Crippen LogP contribution is -2.45. The number of amides is 1. The molecule has 0 spiro atoms. The minimum Gasteiger partial charge on any atom is -0.463 e. The molecule has 0 saturated carbocycles. The number of rotatable bonds is 7. The van der Waals surface area contributed by atoms with Crippen LogP contribution in [0.5, 0.6) is 0 Å². The quantitative estimate of drug-likeness (QED) is 0.334. The molecular formula is C24H38Cl2N4O3. The van der Waals surface area contributed by atoms with Crippen molar-refractivity contribution in [3.63, 3.8) is 0 Å². The Morgan fingerprint density at radius 1 is 1.06 bits per heavy atom. The van der Waals surface area contributed by atoms with Gasteiger partial charge in [-0.15, -0.1) is 24.8 Å². The maximum absolute atomic E-state index is 13.0. The Morgan fingerprint density at radius 3 is 2.15 bits per heavy atom. The van der Waals surface area contributed by atoms with Gasteiger partial charge in [0.2, 0.25) is 5.91 Å². The molecule has 33 heavy (non-hydrogen) atoms. The highest BCUT2D eigenvalue weighted by molar-refractivity contribution is 5.95. The van der Waals surface area contributed by atoms with Crippen LogP contribution in [0.4, 0.5) is 5.69 Å². The zero-order valence-corrected chi connectivity index (χ0v) is 21.3. The van der Waals surface area contributed by atoms with Crippen LogP contribution in [-0.4, -0.2) is 54.9 Å². The van der Waals surface area contributed by atoms with Gasteiger partial charge >= 0.3 is 5.97 Å². The fraction of sp³-hybridized carbons (Fsp3) is 0.625. The summed E-state index contributed by atoms with van der Waals surface area (Å²) in [5.41, 5.74) is 7.37. The monoisotopic (exact) mass is 500 g/mol. The molecule has 1 aromatic rings. The molecule has 2 aliphatic heterocycles. The van der Waals surface area contributed by atoms with Crippen LogP contribution in [0.2, 0.25) is 0 Å². The van der Waals surface area contributed by atoms with E-state index in [0.29, 0.717) is 12.3 Å². The van der Waals surface area contributed by atoms with Crippen LogP contribution in [0.1, 0.15) is 57.9 Å². The molecule has 0 bridgehead atoms. The number of hydrogen-bond acceptors (Lipinski definition) is 5. The molecule has 3 rings (SSSR count). The Bertz CT molecular complexity index is 774. The van der Waals surface area contributed by atoms with Crippen molar-refractivity contribution in [1.82, 2.24) is 4.90 Å². The molecule has 1 aromatic carbocycles. The highest BCUT2D eigenvalue weighted by Gasteiger charge is 2.31. The number of hydrogen-bond donors (Lipinski definition) is 2. The van der Waals surface area contributed by atoms with Gasteiger partial charge in [-0.3, -0.25) is 15.0 Å². The van der Waals surface area contributed by atoms with Crippen molar-refractivity contribution < 1.29 is 14.3 Å². The van der Waals surface area contributed by atoms with Crippen molar-refractivity contribution >= 4 is 48.2 Å². The maximum atomic E-state index is 13.0. The molecule has 2 heterocycles.